The van der Waals surface area contributed by atoms with Gasteiger partial charge < -0.3 is 9.47 Å². The van der Waals surface area contributed by atoms with E-state index in [0.717, 1.165) is 22.6 Å². The van der Waals surface area contributed by atoms with Crippen LogP contribution in [-0.4, -0.2) is 12.6 Å². The van der Waals surface area contributed by atoms with Crippen molar-refractivity contribution in [3.8, 4) is 11.5 Å². The summed E-state index contributed by atoms with van der Waals surface area (Å²) in [7, 11) is 0. The fourth-order valence-corrected chi connectivity index (χ4v) is 2.30. The normalized spacial score (nSPS) is 11.4. The fourth-order valence-electron chi connectivity index (χ4n) is 2.30. The second-order valence-electron chi connectivity index (χ2n) is 4.39. The smallest absolute Gasteiger partial charge is 0.338 e. The Morgan fingerprint density at radius 3 is 2.70 bits per heavy atom. The van der Waals surface area contributed by atoms with Crippen LogP contribution in [-0.2, 0) is 28.2 Å². The number of carbonyl (C=O) groups excluding carboxylic acids is 1. The largest absolute Gasteiger partial charge is 0.462 e. The van der Waals surface area contributed by atoms with Gasteiger partial charge in [-0.2, -0.15) is 0 Å². The van der Waals surface area contributed by atoms with E-state index in [-0.39, 0.29) is 23.0 Å². The first-order valence-electron chi connectivity index (χ1n) is 6.34. The van der Waals surface area contributed by atoms with Crippen molar-refractivity contribution in [2.75, 3.05) is 6.61 Å². The average Bonchev–Trinajstić information content (AvgIpc) is 2.44. The van der Waals surface area contributed by atoms with Crippen molar-refractivity contribution in [2.24, 2.45) is 0 Å². The summed E-state index contributed by atoms with van der Waals surface area (Å²) in [6.07, 6.45) is 0.695. The van der Waals surface area contributed by atoms with E-state index >= 15 is 0 Å². The minimum absolute atomic E-state index is 0. The van der Waals surface area contributed by atoms with Crippen LogP contribution in [0, 0.1) is 0 Å². The van der Waals surface area contributed by atoms with Crippen LogP contribution in [0.4, 0.5) is 0 Å². The molecule has 1 heterocycles. The molecule has 0 aliphatic carbocycles. The predicted molar refractivity (Wildman–Crippen MR) is 71.7 cm³/mol. The Labute approximate surface area is 128 Å². The molecule has 0 amide bonds. The van der Waals surface area contributed by atoms with Gasteiger partial charge in [0, 0.05) is 29.1 Å². The number of esters is 1. The van der Waals surface area contributed by atoms with Crippen molar-refractivity contribution >= 4 is 5.97 Å². The molecule has 1 aliphatic heterocycles. The average molecular weight is 318 g/mol. The second-order valence-corrected chi connectivity index (χ2v) is 4.39. The minimum Gasteiger partial charge on any atom is -0.462 e. The Hall–Kier alpha value is -1.77. The van der Waals surface area contributed by atoms with Gasteiger partial charge in [-0.3, -0.25) is 0 Å². The van der Waals surface area contributed by atoms with E-state index in [2.05, 4.69) is 0 Å². The van der Waals surface area contributed by atoms with Gasteiger partial charge in [0.2, 0.25) is 0 Å². The topological polar surface area (TPSA) is 35.5 Å². The zero-order valence-electron chi connectivity index (χ0n) is 11.0. The first-order chi connectivity index (χ1) is 9.29. The van der Waals surface area contributed by atoms with Crippen molar-refractivity contribution in [1.82, 2.24) is 0 Å². The number of para-hydroxylation sites is 1. The summed E-state index contributed by atoms with van der Waals surface area (Å²) in [5, 5.41) is 0. The number of hydrogen-bond donors (Lipinski definition) is 0. The Morgan fingerprint density at radius 1 is 1.15 bits per heavy atom. The molecule has 2 aromatic rings. The molecule has 1 radical (unpaired) electrons. The van der Waals surface area contributed by atoms with Crippen LogP contribution in [0.25, 0.3) is 0 Å². The molecular formula is C16H14CuO3. The molecule has 0 fully saturated rings. The van der Waals surface area contributed by atoms with Crippen LogP contribution in [0.1, 0.15) is 28.4 Å². The van der Waals surface area contributed by atoms with Crippen molar-refractivity contribution in [1.29, 1.82) is 0 Å². The van der Waals surface area contributed by atoms with E-state index in [9.17, 15) is 4.79 Å². The van der Waals surface area contributed by atoms with Crippen molar-refractivity contribution in [3.63, 3.8) is 0 Å². The summed E-state index contributed by atoms with van der Waals surface area (Å²) in [6.45, 7) is 2.18. The van der Waals surface area contributed by atoms with Gasteiger partial charge in [-0.25, -0.2) is 4.79 Å². The zero-order valence-corrected chi connectivity index (χ0v) is 11.9. The monoisotopic (exact) mass is 317 g/mol. The van der Waals surface area contributed by atoms with Crippen molar-refractivity contribution in [3.05, 3.63) is 59.2 Å². The predicted octanol–water partition coefficient (Wildman–Crippen LogP) is 3.56. The Balaban J connectivity index is 0.00000147. The van der Waals surface area contributed by atoms with Crippen LogP contribution in [0.15, 0.2) is 42.5 Å². The molecule has 0 saturated carbocycles. The van der Waals surface area contributed by atoms with Crippen LogP contribution < -0.4 is 4.74 Å². The summed E-state index contributed by atoms with van der Waals surface area (Å²) in [4.78, 5) is 12.0. The number of rotatable bonds is 2. The molecule has 1 aliphatic rings. The van der Waals surface area contributed by atoms with Gasteiger partial charge in [-0.15, -0.1) is 0 Å². The summed E-state index contributed by atoms with van der Waals surface area (Å²) in [5.74, 6) is 1.31. The van der Waals surface area contributed by atoms with Gasteiger partial charge in [0.1, 0.15) is 11.5 Å². The maximum Gasteiger partial charge on any atom is 0.338 e. The first kappa shape index (κ1) is 14.6. The van der Waals surface area contributed by atoms with Crippen molar-refractivity contribution in [2.45, 2.75) is 13.3 Å². The molecule has 0 atom stereocenters. The number of hydrogen-bond acceptors (Lipinski definition) is 3. The van der Waals surface area contributed by atoms with Gasteiger partial charge in [0.05, 0.1) is 12.2 Å². The Morgan fingerprint density at radius 2 is 1.90 bits per heavy atom. The SMILES string of the molecule is CCOC(=O)c1cccc2c1Cc1ccccc1O2.[Cu]. The molecule has 20 heavy (non-hydrogen) atoms. The summed E-state index contributed by atoms with van der Waals surface area (Å²) in [6, 6.07) is 13.4. The summed E-state index contributed by atoms with van der Waals surface area (Å²) in [5.41, 5.74) is 2.58. The molecule has 0 aromatic heterocycles. The molecule has 2 aromatic carbocycles. The fraction of sp³-hybridized carbons (Fsp3) is 0.188. The first-order valence-corrected chi connectivity index (χ1v) is 6.34. The third kappa shape index (κ3) is 2.58. The quantitative estimate of drug-likeness (QED) is 0.535. The van der Waals surface area contributed by atoms with E-state index in [4.69, 9.17) is 9.47 Å². The van der Waals surface area contributed by atoms with E-state index < -0.39 is 0 Å². The number of carbonyl (C=O) groups is 1. The standard InChI is InChI=1S/C16H14O3.Cu/c1-2-18-16(17)12-7-5-9-15-13(12)10-11-6-3-4-8-14(11)19-15;/h3-9H,2,10H2,1H3;. The molecule has 0 N–H and O–H groups in total. The van der Waals surface area contributed by atoms with Gasteiger partial charge in [0.15, 0.2) is 0 Å². The van der Waals surface area contributed by atoms with Gasteiger partial charge in [-0.05, 0) is 30.7 Å². The van der Waals surface area contributed by atoms with E-state index in [1.54, 1.807) is 13.0 Å². The number of fused-ring (bicyclic) bond motifs is 2. The third-order valence-corrected chi connectivity index (χ3v) is 3.19. The zero-order chi connectivity index (χ0) is 13.2. The van der Waals surface area contributed by atoms with E-state index in [1.807, 2.05) is 36.4 Å². The van der Waals surface area contributed by atoms with Crippen LogP contribution >= 0.6 is 0 Å². The molecule has 107 valence electrons. The van der Waals surface area contributed by atoms with Crippen molar-refractivity contribution < 1.29 is 31.3 Å². The maximum atomic E-state index is 12.0. The van der Waals surface area contributed by atoms with Crippen LogP contribution in [0.5, 0.6) is 11.5 Å². The van der Waals surface area contributed by atoms with Crippen LogP contribution in [0.3, 0.4) is 0 Å². The van der Waals surface area contributed by atoms with E-state index in [0.29, 0.717) is 18.6 Å². The summed E-state index contributed by atoms with van der Waals surface area (Å²) < 4.78 is 10.9. The molecule has 3 nitrogen and oxygen atoms in total. The molecule has 3 rings (SSSR count). The van der Waals surface area contributed by atoms with E-state index in [1.165, 1.54) is 0 Å². The van der Waals surface area contributed by atoms with Gasteiger partial charge >= 0.3 is 5.97 Å². The number of benzene rings is 2. The third-order valence-electron chi connectivity index (χ3n) is 3.19. The molecule has 4 heteroatoms. The molecule has 0 spiro atoms. The van der Waals surface area contributed by atoms with Gasteiger partial charge in [0.25, 0.3) is 0 Å². The Bertz CT molecular complexity index is 637. The maximum absolute atomic E-state index is 12.0. The van der Waals surface area contributed by atoms with Gasteiger partial charge in [-0.1, -0.05) is 24.3 Å². The Kier molecular flexibility index (Phi) is 4.48. The molecule has 0 unspecified atom stereocenters. The molecular weight excluding hydrogens is 304 g/mol. The molecule has 0 saturated heterocycles. The van der Waals surface area contributed by atoms with Crippen LogP contribution in [0.2, 0.25) is 0 Å². The molecule has 0 bridgehead atoms. The number of ether oxygens (including phenoxy) is 2. The summed E-state index contributed by atoms with van der Waals surface area (Å²) >= 11 is 0. The minimum atomic E-state index is -0.290. The second kappa shape index (κ2) is 6.12.